The first-order chi connectivity index (χ1) is 15.8. The maximum Gasteiger partial charge on any atom is 0.342 e. The van der Waals surface area contributed by atoms with E-state index in [0.717, 1.165) is 12.8 Å². The van der Waals surface area contributed by atoms with Gasteiger partial charge in [-0.1, -0.05) is 74.0 Å². The molecule has 0 atom stereocenters. The topological polar surface area (TPSA) is 86.7 Å². The molecule has 0 saturated carbocycles. The summed E-state index contributed by atoms with van der Waals surface area (Å²) >= 11 is 4.24. The zero-order valence-corrected chi connectivity index (χ0v) is 26.1. The Morgan fingerprint density at radius 2 is 1.00 bits per heavy atom. The summed E-state index contributed by atoms with van der Waals surface area (Å²) in [6.07, 6.45) is 1.98. The summed E-state index contributed by atoms with van der Waals surface area (Å²) in [5.74, 6) is 0. The third-order valence-electron chi connectivity index (χ3n) is 3.58. The van der Waals surface area contributed by atoms with Gasteiger partial charge in [-0.15, -0.1) is 0 Å². The first kappa shape index (κ1) is 37.2. The lowest BCUT2D eigenvalue weighted by Crippen LogP contribution is -1.83. The largest absolute Gasteiger partial charge is 0.367 e. The number of rotatable bonds is 8. The minimum Gasteiger partial charge on any atom is -0.367 e. The van der Waals surface area contributed by atoms with Crippen LogP contribution in [0.4, 0.5) is 0 Å². The van der Waals surface area contributed by atoms with Crippen molar-refractivity contribution in [3.05, 3.63) is 71.3 Å². The molecule has 0 saturated heterocycles. The van der Waals surface area contributed by atoms with E-state index in [1.54, 1.807) is 13.8 Å². The van der Waals surface area contributed by atoms with Crippen LogP contribution in [-0.2, 0) is 40.6 Å². The lowest BCUT2D eigenvalue weighted by Gasteiger charge is -1.94. The second-order valence-electron chi connectivity index (χ2n) is 6.09. The van der Waals surface area contributed by atoms with Crippen LogP contribution in [0.25, 0.3) is 0 Å². The average Bonchev–Trinajstić information content (AvgIpc) is 2.85. The van der Waals surface area contributed by atoms with E-state index >= 15 is 0 Å². The highest BCUT2D eigenvalue weighted by atomic mass is 128. The fraction of sp³-hybridized carbons (Fsp3) is 0.478. The second-order valence-corrected chi connectivity index (χ2v) is 7.93. The molecule has 0 aliphatic heterocycles. The van der Waals surface area contributed by atoms with Gasteiger partial charge in [0, 0.05) is 50.4 Å². The van der Waals surface area contributed by atoms with E-state index in [9.17, 15) is 18.3 Å². The fourth-order valence-corrected chi connectivity index (χ4v) is 2.53. The Kier molecular flexibility index (Phi) is 33.4. The fourth-order valence-electron chi connectivity index (χ4n) is 1.87. The minimum absolute atomic E-state index is 0.147. The Hall–Kier alpha value is -0.380. The molecule has 0 heterocycles. The Bertz CT molecular complexity index is 754. The molecule has 0 radical (unpaired) electrons. The molecule has 6 nitrogen and oxygen atoms in total. The molecule has 0 aliphatic carbocycles. The average molecular weight is 724 g/mol. The summed E-state index contributed by atoms with van der Waals surface area (Å²) in [5.41, 5.74) is 4.17. The number of benzene rings is 2. The van der Waals surface area contributed by atoms with Gasteiger partial charge in [-0.3, -0.25) is 0 Å². The summed E-state index contributed by atoms with van der Waals surface area (Å²) in [6, 6.07) is 19.1. The van der Waals surface area contributed by atoms with Crippen LogP contribution in [-0.4, -0.2) is 25.9 Å². The molecule has 188 valence electrons. The molecule has 0 N–H and O–H groups in total. The van der Waals surface area contributed by atoms with Gasteiger partial charge in [0.25, 0.3) is 0 Å². The Labute approximate surface area is 223 Å². The maximum absolute atomic E-state index is 9.67. The van der Waals surface area contributed by atoms with Crippen molar-refractivity contribution in [3.8, 4) is 0 Å². The van der Waals surface area contributed by atoms with Gasteiger partial charge in [0.05, 0.1) is 0 Å². The molecule has 2 aromatic rings. The second kappa shape index (κ2) is 29.7. The van der Waals surface area contributed by atoms with E-state index in [0.29, 0.717) is 13.2 Å². The smallest absolute Gasteiger partial charge is 0.342 e. The van der Waals surface area contributed by atoms with Crippen LogP contribution in [0, 0.1) is 6.92 Å². The number of aryl methyl sites for hydroxylation is 3. The Balaban J connectivity index is -0.000000357. The van der Waals surface area contributed by atoms with Crippen LogP contribution in [0.15, 0.2) is 54.6 Å². The van der Waals surface area contributed by atoms with Crippen molar-refractivity contribution in [2.24, 2.45) is 0 Å². The van der Waals surface area contributed by atoms with Crippen LogP contribution in [0.3, 0.4) is 0 Å². The van der Waals surface area contributed by atoms with Crippen molar-refractivity contribution < 1.29 is 27.7 Å². The van der Waals surface area contributed by atoms with Gasteiger partial charge in [0.2, 0.25) is 0 Å². The Morgan fingerprint density at radius 1 is 0.636 bits per heavy atom. The van der Waals surface area contributed by atoms with E-state index in [1.165, 1.54) is 16.7 Å². The maximum atomic E-state index is 9.67. The molecule has 10 heteroatoms. The molecule has 0 aliphatic rings. The van der Waals surface area contributed by atoms with Gasteiger partial charge in [0.15, 0.2) is 12.7 Å². The van der Waals surface area contributed by atoms with Gasteiger partial charge >= 0.3 is 15.4 Å². The number of ether oxygens (including phenoxy) is 2. The lowest BCUT2D eigenvalue weighted by atomic mass is 10.1. The van der Waals surface area contributed by atoms with Crippen molar-refractivity contribution in [1.82, 2.24) is 0 Å². The van der Waals surface area contributed by atoms with Crippen molar-refractivity contribution in [1.29, 1.82) is 0 Å². The molecule has 0 bridgehead atoms. The minimum atomic E-state index is -2.33. The molecule has 33 heavy (non-hydrogen) atoms. The monoisotopic (exact) mass is 724 g/mol. The first-order valence-corrected chi connectivity index (χ1v) is 19.4. The predicted octanol–water partition coefficient (Wildman–Crippen LogP) is 8.88. The zero-order chi connectivity index (χ0) is 25.9. The Morgan fingerprint density at radius 3 is 1.24 bits per heavy atom. The summed E-state index contributed by atoms with van der Waals surface area (Å²) in [6.45, 7) is 10.9. The van der Waals surface area contributed by atoms with Gasteiger partial charge < -0.3 is 9.47 Å². The van der Waals surface area contributed by atoms with Crippen LogP contribution in [0.5, 0.6) is 0 Å². The van der Waals surface area contributed by atoms with Gasteiger partial charge in [-0.2, -0.15) is 0 Å². The summed E-state index contributed by atoms with van der Waals surface area (Å²) in [5, 5.41) is 0. The van der Waals surface area contributed by atoms with Gasteiger partial charge in [-0.05, 0) is 44.7 Å². The van der Waals surface area contributed by atoms with Crippen LogP contribution >= 0.6 is 52.6 Å². The zero-order valence-electron chi connectivity index (χ0n) is 20.0. The van der Waals surface area contributed by atoms with E-state index in [4.69, 9.17) is 0 Å². The highest BCUT2D eigenvalue weighted by Crippen LogP contribution is 2.02. The van der Waals surface area contributed by atoms with E-state index in [1.807, 2.05) is 6.07 Å². The molecule has 0 amide bonds. The van der Waals surface area contributed by atoms with Gasteiger partial charge in [0.1, 0.15) is 0 Å². The first-order valence-electron chi connectivity index (χ1n) is 10.4. The van der Waals surface area contributed by atoms with E-state index in [-0.39, 0.29) is 12.7 Å². The summed E-state index contributed by atoms with van der Waals surface area (Å²) in [4.78, 5) is 0. The quantitative estimate of drug-likeness (QED) is 0.200. The number of hydrogen-bond acceptors (Lipinski definition) is 6. The van der Waals surface area contributed by atoms with Crippen molar-refractivity contribution >= 4 is 52.6 Å². The number of hydrogen-bond donors (Lipinski definition) is 0. The molecule has 2 rings (SSSR count). The van der Waals surface area contributed by atoms with Crippen LogP contribution in [0.1, 0.15) is 44.4 Å². The summed E-state index contributed by atoms with van der Waals surface area (Å²) < 4.78 is 47.7. The third kappa shape index (κ3) is 31.6. The molecular weight excluding hydrogens is 688 g/mol. The third-order valence-corrected chi connectivity index (χ3v) is 4.37. The SMILES string of the molecule is CCOCP(=O)=O.CCOCP(=O)=O.CCc1ccc(C)cc1.CCc1ccccc1.II. The van der Waals surface area contributed by atoms with Crippen molar-refractivity contribution in [2.45, 2.75) is 47.5 Å². The van der Waals surface area contributed by atoms with E-state index in [2.05, 4.69) is 116 Å². The standard InChI is InChI=1S/C9H12.C8H10.2C3H7O3P.I2/c1-3-9-6-4-8(2)5-7-9;1-2-8-6-4-3-5-7-8;2*1-2-6-3-7(4)5;1-2/h4-7H,3H2,1-2H3;3-7H,2H2,1H3;2*2-3H2,1H3;. The molecule has 2 aromatic carbocycles. The van der Waals surface area contributed by atoms with Crippen LogP contribution in [0.2, 0.25) is 0 Å². The van der Waals surface area contributed by atoms with Gasteiger partial charge in [-0.25, -0.2) is 18.3 Å². The highest BCUT2D eigenvalue weighted by molar-refractivity contribution is 15.0. The predicted molar refractivity (Wildman–Crippen MR) is 154 cm³/mol. The normalized spacial score (nSPS) is 8.70. The van der Waals surface area contributed by atoms with Crippen LogP contribution < -0.4 is 0 Å². The molecule has 0 aromatic heterocycles. The molecule has 0 unspecified atom stereocenters. The number of halogens is 2. The molecule has 0 fully saturated rings. The molecular formula is C23H36I2O6P2. The molecule has 0 spiro atoms. The van der Waals surface area contributed by atoms with E-state index < -0.39 is 15.4 Å². The summed E-state index contributed by atoms with van der Waals surface area (Å²) in [7, 11) is -4.66. The highest BCUT2D eigenvalue weighted by Gasteiger charge is 1.86. The van der Waals surface area contributed by atoms with Crippen molar-refractivity contribution in [3.63, 3.8) is 0 Å². The van der Waals surface area contributed by atoms with Crippen molar-refractivity contribution in [2.75, 3.05) is 25.9 Å². The lowest BCUT2D eigenvalue weighted by molar-refractivity contribution is 0.191.